The Kier molecular flexibility index (Phi) is 11.7. The fourth-order valence-electron chi connectivity index (χ4n) is 7.31. The minimum Gasteiger partial charge on any atom is -0.378 e. The third kappa shape index (κ3) is 8.31. The Morgan fingerprint density at radius 2 is 0.633 bits per heavy atom. The van der Waals surface area contributed by atoms with E-state index in [0.29, 0.717) is 151 Å². The predicted molar refractivity (Wildman–Crippen MR) is 211 cm³/mol. The number of halogens is 4. The van der Waals surface area contributed by atoms with Gasteiger partial charge in [-0.05, 0) is 24.3 Å². The molecule has 4 aliphatic heterocycles. The Morgan fingerprint density at radius 1 is 0.367 bits per heavy atom. The number of anilines is 4. The summed E-state index contributed by atoms with van der Waals surface area (Å²) in [5, 5.41) is 0. The standard InChI is InChI=1S/2C19H21F2N7O2/c2*20-15(21)16-22-13-3-1-2-4-14(13)28(16)19-24-17(26-5-9-29-10-6-26)23-18(25-19)27-7-11-30-12-8-27/h2*1-4,15H,5-12H2. The van der Waals surface area contributed by atoms with Crippen LogP contribution in [0.1, 0.15) is 24.5 Å². The number of para-hydroxylation sites is 4. The monoisotopic (exact) mass is 834 g/mol. The molecule has 0 aliphatic carbocycles. The number of fused-ring (bicyclic) bond motifs is 2. The average molecular weight is 835 g/mol. The molecule has 4 fully saturated rings. The van der Waals surface area contributed by atoms with Gasteiger partial charge in [-0.3, -0.25) is 9.13 Å². The van der Waals surface area contributed by atoms with Crippen molar-refractivity contribution in [3.8, 4) is 11.9 Å². The summed E-state index contributed by atoms with van der Waals surface area (Å²) < 4.78 is 79.8. The number of imidazole rings is 2. The summed E-state index contributed by atoms with van der Waals surface area (Å²) in [6.45, 7) is 9.46. The second kappa shape index (κ2) is 17.8. The van der Waals surface area contributed by atoms with Crippen LogP contribution in [0.15, 0.2) is 48.5 Å². The third-order valence-electron chi connectivity index (χ3n) is 10.3. The lowest BCUT2D eigenvalue weighted by molar-refractivity contribution is 0.121. The van der Waals surface area contributed by atoms with Crippen molar-refractivity contribution in [2.75, 3.05) is 125 Å². The van der Waals surface area contributed by atoms with Crippen LogP contribution < -0.4 is 19.6 Å². The van der Waals surface area contributed by atoms with Crippen molar-refractivity contribution >= 4 is 45.9 Å². The summed E-state index contributed by atoms with van der Waals surface area (Å²) in [6, 6.07) is 14.0. The molecule has 4 aliphatic rings. The first-order valence-electron chi connectivity index (χ1n) is 19.8. The molecule has 0 amide bonds. The van der Waals surface area contributed by atoms with Crippen molar-refractivity contribution in [2.24, 2.45) is 0 Å². The van der Waals surface area contributed by atoms with Crippen molar-refractivity contribution in [3.05, 3.63) is 60.2 Å². The number of hydrogen-bond donors (Lipinski definition) is 0. The van der Waals surface area contributed by atoms with Crippen LogP contribution in [-0.4, -0.2) is 154 Å². The third-order valence-corrected chi connectivity index (χ3v) is 10.3. The molecule has 316 valence electrons. The smallest absolute Gasteiger partial charge is 0.296 e. The molecule has 60 heavy (non-hydrogen) atoms. The fourth-order valence-corrected chi connectivity index (χ4v) is 7.31. The van der Waals surface area contributed by atoms with E-state index in [4.69, 9.17) is 18.9 Å². The van der Waals surface area contributed by atoms with Gasteiger partial charge in [0.1, 0.15) is 0 Å². The molecular weight excluding hydrogens is 793 g/mol. The summed E-state index contributed by atoms with van der Waals surface area (Å²) >= 11 is 0. The highest BCUT2D eigenvalue weighted by molar-refractivity contribution is 5.78. The predicted octanol–water partition coefficient (Wildman–Crippen LogP) is 3.64. The number of rotatable bonds is 8. The number of hydrogen-bond acceptors (Lipinski definition) is 16. The SMILES string of the molecule is FC(F)c1nc2ccccc2n1-c1nc(N2CCOCC2)nc(N2CCOCC2)n1.FC(F)c1nc2ccccc2n1-c1nc(N2CCOCC2)nc(N2CCOCC2)n1. The van der Waals surface area contributed by atoms with Crippen LogP contribution in [0.2, 0.25) is 0 Å². The first-order valence-corrected chi connectivity index (χ1v) is 19.8. The van der Waals surface area contributed by atoms with Crippen molar-refractivity contribution in [1.82, 2.24) is 49.0 Å². The molecule has 0 radical (unpaired) electrons. The second-order valence-electron chi connectivity index (χ2n) is 14.1. The minimum absolute atomic E-state index is 0.136. The Hall–Kier alpha value is -5.84. The maximum atomic E-state index is 13.9. The molecule has 2 aromatic carbocycles. The summed E-state index contributed by atoms with van der Waals surface area (Å²) in [5.74, 6) is 1.29. The maximum absolute atomic E-state index is 13.9. The maximum Gasteiger partial charge on any atom is 0.296 e. The number of alkyl halides is 4. The van der Waals surface area contributed by atoms with Crippen LogP contribution in [0, 0.1) is 0 Å². The molecule has 0 N–H and O–H groups in total. The number of benzene rings is 2. The van der Waals surface area contributed by atoms with Gasteiger partial charge in [-0.2, -0.15) is 29.9 Å². The molecule has 0 saturated carbocycles. The van der Waals surface area contributed by atoms with Crippen LogP contribution in [-0.2, 0) is 18.9 Å². The van der Waals surface area contributed by atoms with Crippen molar-refractivity contribution < 1.29 is 36.5 Å². The molecule has 18 nitrogen and oxygen atoms in total. The van der Waals surface area contributed by atoms with Gasteiger partial charge in [0.05, 0.1) is 74.9 Å². The lowest BCUT2D eigenvalue weighted by Crippen LogP contribution is -2.40. The van der Waals surface area contributed by atoms with E-state index in [0.717, 1.165) is 0 Å². The number of ether oxygens (including phenoxy) is 4. The van der Waals surface area contributed by atoms with Crippen LogP contribution >= 0.6 is 0 Å². The molecule has 4 aromatic heterocycles. The van der Waals surface area contributed by atoms with Crippen LogP contribution in [0.25, 0.3) is 34.0 Å². The van der Waals surface area contributed by atoms with Gasteiger partial charge in [0.15, 0.2) is 11.6 Å². The molecule has 0 atom stereocenters. The molecule has 0 bridgehead atoms. The van der Waals surface area contributed by atoms with Gasteiger partial charge >= 0.3 is 0 Å². The summed E-state index contributed by atoms with van der Waals surface area (Å²) in [7, 11) is 0. The van der Waals surface area contributed by atoms with Gasteiger partial charge < -0.3 is 38.5 Å². The van der Waals surface area contributed by atoms with E-state index in [1.54, 1.807) is 48.5 Å². The first-order chi connectivity index (χ1) is 29.4. The molecule has 22 heteroatoms. The van der Waals surface area contributed by atoms with Gasteiger partial charge in [-0.15, -0.1) is 0 Å². The Morgan fingerprint density at radius 3 is 0.917 bits per heavy atom. The highest BCUT2D eigenvalue weighted by Crippen LogP contribution is 2.30. The van der Waals surface area contributed by atoms with Crippen LogP contribution in [0.3, 0.4) is 0 Å². The van der Waals surface area contributed by atoms with E-state index in [2.05, 4.69) is 39.9 Å². The zero-order chi connectivity index (χ0) is 41.0. The van der Waals surface area contributed by atoms with E-state index >= 15 is 0 Å². The quantitative estimate of drug-likeness (QED) is 0.204. The van der Waals surface area contributed by atoms with E-state index in [-0.39, 0.29) is 23.5 Å². The summed E-state index contributed by atoms with van der Waals surface area (Å²) in [4.78, 5) is 43.7. The molecule has 8 heterocycles. The Bertz CT molecular complexity index is 2160. The lowest BCUT2D eigenvalue weighted by Gasteiger charge is -2.30. The fraction of sp³-hybridized carbons (Fsp3) is 0.474. The molecular formula is C38H42F4N14O4. The average Bonchev–Trinajstić information content (AvgIpc) is 3.91. The highest BCUT2D eigenvalue weighted by Gasteiger charge is 2.28. The minimum atomic E-state index is -2.77. The van der Waals surface area contributed by atoms with Crippen molar-refractivity contribution in [1.29, 1.82) is 0 Å². The summed E-state index contributed by atoms with van der Waals surface area (Å²) in [6.07, 6.45) is -5.54. The second-order valence-corrected chi connectivity index (χ2v) is 14.1. The lowest BCUT2D eigenvalue weighted by atomic mass is 10.3. The topological polar surface area (TPSA) is 163 Å². The Labute approximate surface area is 340 Å². The van der Waals surface area contributed by atoms with Gasteiger partial charge in [-0.25, -0.2) is 27.5 Å². The zero-order valence-electron chi connectivity index (χ0n) is 32.5. The van der Waals surface area contributed by atoms with Gasteiger partial charge in [0, 0.05) is 52.4 Å². The first kappa shape index (κ1) is 39.6. The van der Waals surface area contributed by atoms with E-state index < -0.39 is 12.9 Å². The number of nitrogens with zero attached hydrogens (tertiary/aromatic N) is 14. The molecule has 0 unspecified atom stereocenters. The zero-order valence-corrected chi connectivity index (χ0v) is 32.5. The largest absolute Gasteiger partial charge is 0.378 e. The molecule has 6 aromatic rings. The van der Waals surface area contributed by atoms with Crippen molar-refractivity contribution in [3.63, 3.8) is 0 Å². The normalized spacial score (nSPS) is 17.8. The van der Waals surface area contributed by atoms with E-state index in [1.807, 2.05) is 19.6 Å². The number of morpholine rings is 4. The highest BCUT2D eigenvalue weighted by atomic mass is 19.3. The van der Waals surface area contributed by atoms with Crippen LogP contribution in [0.4, 0.5) is 41.4 Å². The molecule has 0 spiro atoms. The van der Waals surface area contributed by atoms with Gasteiger partial charge in [0.25, 0.3) is 12.9 Å². The van der Waals surface area contributed by atoms with Crippen LogP contribution in [0.5, 0.6) is 0 Å². The van der Waals surface area contributed by atoms with E-state index in [9.17, 15) is 17.6 Å². The Balaban J connectivity index is 0.000000154. The summed E-state index contributed by atoms with van der Waals surface area (Å²) in [5.41, 5.74) is 1.99. The van der Waals surface area contributed by atoms with Gasteiger partial charge in [0.2, 0.25) is 35.7 Å². The van der Waals surface area contributed by atoms with E-state index in [1.165, 1.54) is 9.13 Å². The van der Waals surface area contributed by atoms with Gasteiger partial charge in [-0.1, -0.05) is 24.3 Å². The molecule has 10 rings (SSSR count). The molecule has 4 saturated heterocycles. The number of aromatic nitrogens is 10. The van der Waals surface area contributed by atoms with Crippen molar-refractivity contribution in [2.45, 2.75) is 12.9 Å².